The van der Waals surface area contributed by atoms with Gasteiger partial charge in [0.1, 0.15) is 0 Å². The molecule has 0 unspecified atom stereocenters. The first-order valence-corrected chi connectivity index (χ1v) is 5.73. The highest BCUT2D eigenvalue weighted by atomic mass is 32.3. The highest BCUT2D eigenvalue weighted by Crippen LogP contribution is 2.22. The van der Waals surface area contributed by atoms with Crippen LogP contribution < -0.4 is 4.74 Å². The zero-order valence-electron chi connectivity index (χ0n) is 8.04. The number of para-hydroxylation sites is 1. The molecule has 0 spiro atoms. The first kappa shape index (κ1) is 11.9. The van der Waals surface area contributed by atoms with Gasteiger partial charge in [0.05, 0.1) is 12.9 Å². The van der Waals surface area contributed by atoms with Crippen molar-refractivity contribution in [3.63, 3.8) is 0 Å². The Bertz CT molecular complexity index is 443. The van der Waals surface area contributed by atoms with Gasteiger partial charge in [0.25, 0.3) is 0 Å². The van der Waals surface area contributed by atoms with Crippen LogP contribution in [0.15, 0.2) is 18.2 Å². The average Bonchev–Trinajstić information content (AvgIpc) is 2.13. The molecule has 0 aliphatic rings. The second-order valence-electron chi connectivity index (χ2n) is 2.93. The Kier molecular flexibility index (Phi) is 3.62. The van der Waals surface area contributed by atoms with Crippen molar-refractivity contribution in [2.75, 3.05) is 12.9 Å². The summed E-state index contributed by atoms with van der Waals surface area (Å²) in [5, 5.41) is 0. The van der Waals surface area contributed by atoms with Crippen molar-refractivity contribution in [1.82, 2.24) is 0 Å². The van der Waals surface area contributed by atoms with E-state index in [1.54, 1.807) is 0 Å². The quantitative estimate of drug-likeness (QED) is 0.747. The maximum absolute atomic E-state index is 13.1. The van der Waals surface area contributed by atoms with Gasteiger partial charge in [0.15, 0.2) is 11.6 Å². The second-order valence-corrected chi connectivity index (χ2v) is 4.41. The molecule has 1 aromatic carbocycles. The fourth-order valence-electron chi connectivity index (χ4n) is 1.21. The molecule has 0 radical (unpaired) electrons. The Morgan fingerprint density at radius 1 is 1.40 bits per heavy atom. The Morgan fingerprint density at radius 3 is 2.60 bits per heavy atom. The number of hydrogen-bond donors (Lipinski definition) is 0. The van der Waals surface area contributed by atoms with Gasteiger partial charge in [0, 0.05) is 0 Å². The molecular weight excluding hydrogens is 226 g/mol. The second kappa shape index (κ2) is 4.57. The third kappa shape index (κ3) is 3.47. The monoisotopic (exact) mass is 236 g/mol. The highest BCUT2D eigenvalue weighted by Gasteiger charge is 2.12. The van der Waals surface area contributed by atoms with E-state index >= 15 is 0 Å². The molecule has 0 saturated carbocycles. The summed E-state index contributed by atoms with van der Waals surface area (Å²) in [5.74, 6) is -1.31. The van der Waals surface area contributed by atoms with Crippen molar-refractivity contribution in [2.24, 2.45) is 0 Å². The number of aryl methyl sites for hydroxylation is 1. The highest BCUT2D eigenvalue weighted by molar-refractivity contribution is 7.86. The van der Waals surface area contributed by atoms with Crippen LogP contribution in [0.3, 0.4) is 0 Å². The lowest BCUT2D eigenvalue weighted by atomic mass is 10.1. The van der Waals surface area contributed by atoms with Crippen LogP contribution in [-0.4, -0.2) is 21.3 Å². The van der Waals surface area contributed by atoms with Crippen LogP contribution in [0.5, 0.6) is 5.75 Å². The van der Waals surface area contributed by atoms with E-state index in [1.165, 1.54) is 25.3 Å². The third-order valence-electron chi connectivity index (χ3n) is 1.87. The minimum absolute atomic E-state index is 0.0406. The summed E-state index contributed by atoms with van der Waals surface area (Å²) in [6, 6.07) is 4.09. The van der Waals surface area contributed by atoms with Gasteiger partial charge < -0.3 is 4.74 Å². The molecule has 0 heterocycles. The first-order chi connectivity index (χ1) is 6.94. The van der Waals surface area contributed by atoms with E-state index in [2.05, 4.69) is 0 Å². The van der Waals surface area contributed by atoms with Crippen molar-refractivity contribution in [3.05, 3.63) is 29.6 Å². The molecule has 0 N–H and O–H groups in total. The zero-order chi connectivity index (χ0) is 11.5. The van der Waals surface area contributed by atoms with Crippen LogP contribution in [0.1, 0.15) is 5.56 Å². The van der Waals surface area contributed by atoms with Gasteiger partial charge in [-0.15, -0.1) is 3.89 Å². The van der Waals surface area contributed by atoms with Gasteiger partial charge in [-0.1, -0.05) is 12.1 Å². The van der Waals surface area contributed by atoms with Gasteiger partial charge in [0.2, 0.25) is 0 Å². The van der Waals surface area contributed by atoms with E-state index in [9.17, 15) is 16.7 Å². The lowest BCUT2D eigenvalue weighted by Gasteiger charge is -2.07. The molecular formula is C9H10F2O3S. The Balaban J connectivity index is 2.90. The van der Waals surface area contributed by atoms with Crippen LogP contribution in [0, 0.1) is 5.82 Å². The predicted molar refractivity (Wildman–Crippen MR) is 51.6 cm³/mol. The number of ether oxygens (including phenoxy) is 1. The molecule has 0 atom stereocenters. The number of rotatable bonds is 4. The Hall–Kier alpha value is -1.17. The third-order valence-corrected chi connectivity index (χ3v) is 2.56. The number of benzene rings is 1. The van der Waals surface area contributed by atoms with E-state index in [0.29, 0.717) is 5.56 Å². The van der Waals surface area contributed by atoms with Crippen molar-refractivity contribution in [1.29, 1.82) is 0 Å². The number of hydrogen-bond acceptors (Lipinski definition) is 3. The fraction of sp³-hybridized carbons (Fsp3) is 0.333. The van der Waals surface area contributed by atoms with Gasteiger partial charge >= 0.3 is 10.2 Å². The van der Waals surface area contributed by atoms with Crippen LogP contribution in [0.25, 0.3) is 0 Å². The molecule has 0 fully saturated rings. The molecule has 1 rings (SSSR count). The number of methoxy groups -OCH3 is 1. The maximum atomic E-state index is 13.1. The van der Waals surface area contributed by atoms with Gasteiger partial charge in [-0.3, -0.25) is 0 Å². The predicted octanol–water partition coefficient (Wildman–Crippen LogP) is 1.68. The van der Waals surface area contributed by atoms with Gasteiger partial charge in [-0.25, -0.2) is 4.39 Å². The summed E-state index contributed by atoms with van der Waals surface area (Å²) in [5.41, 5.74) is 0.332. The van der Waals surface area contributed by atoms with Gasteiger partial charge in [-0.05, 0) is 18.1 Å². The van der Waals surface area contributed by atoms with E-state index in [4.69, 9.17) is 4.74 Å². The Labute approximate surface area is 86.9 Å². The van der Waals surface area contributed by atoms with Crippen LogP contribution in [0.2, 0.25) is 0 Å². The molecule has 15 heavy (non-hydrogen) atoms. The molecule has 0 bridgehead atoms. The smallest absolute Gasteiger partial charge is 0.302 e. The summed E-state index contributed by atoms with van der Waals surface area (Å²) in [7, 11) is -3.27. The normalized spacial score (nSPS) is 11.4. The van der Waals surface area contributed by atoms with Crippen molar-refractivity contribution in [3.8, 4) is 5.75 Å². The van der Waals surface area contributed by atoms with E-state index in [-0.39, 0.29) is 12.2 Å². The lowest BCUT2D eigenvalue weighted by molar-refractivity contribution is 0.382. The molecule has 84 valence electrons. The van der Waals surface area contributed by atoms with Crippen LogP contribution in [-0.2, 0) is 16.6 Å². The SMILES string of the molecule is COc1c(F)cccc1CCS(=O)(=O)F. The zero-order valence-corrected chi connectivity index (χ0v) is 8.85. The topological polar surface area (TPSA) is 43.4 Å². The Morgan fingerprint density at radius 2 is 2.07 bits per heavy atom. The average molecular weight is 236 g/mol. The van der Waals surface area contributed by atoms with E-state index in [0.717, 1.165) is 0 Å². The maximum Gasteiger partial charge on any atom is 0.302 e. The molecule has 0 aliphatic carbocycles. The lowest BCUT2D eigenvalue weighted by Crippen LogP contribution is -2.04. The summed E-state index contributed by atoms with van der Waals surface area (Å²) in [6.07, 6.45) is -0.111. The standard InChI is InChI=1S/C9H10F2O3S/c1-14-9-7(3-2-4-8(9)10)5-6-15(11,12)13/h2-4H,5-6H2,1H3. The molecule has 3 nitrogen and oxygen atoms in total. The van der Waals surface area contributed by atoms with Crippen molar-refractivity contribution < 1.29 is 21.4 Å². The largest absolute Gasteiger partial charge is 0.493 e. The van der Waals surface area contributed by atoms with Crippen LogP contribution in [0.4, 0.5) is 8.28 Å². The van der Waals surface area contributed by atoms with Crippen molar-refractivity contribution >= 4 is 10.2 Å². The van der Waals surface area contributed by atoms with Crippen LogP contribution >= 0.6 is 0 Å². The summed E-state index contributed by atoms with van der Waals surface area (Å²) in [4.78, 5) is 0. The van der Waals surface area contributed by atoms with E-state index in [1.807, 2.05) is 0 Å². The molecule has 0 aromatic heterocycles. The fourth-order valence-corrected chi connectivity index (χ4v) is 1.67. The molecule has 0 saturated heterocycles. The molecule has 1 aromatic rings. The molecule has 0 amide bonds. The van der Waals surface area contributed by atoms with E-state index < -0.39 is 21.8 Å². The summed E-state index contributed by atoms with van der Waals surface area (Å²) in [6.45, 7) is 0. The van der Waals surface area contributed by atoms with Gasteiger partial charge in [-0.2, -0.15) is 8.42 Å². The minimum atomic E-state index is -4.54. The summed E-state index contributed by atoms with van der Waals surface area (Å²) < 4.78 is 50.7. The molecule has 0 aliphatic heterocycles. The summed E-state index contributed by atoms with van der Waals surface area (Å²) >= 11 is 0. The first-order valence-electron chi connectivity index (χ1n) is 4.18. The van der Waals surface area contributed by atoms with Crippen molar-refractivity contribution in [2.45, 2.75) is 6.42 Å². The molecule has 6 heteroatoms. The number of halogens is 2. The minimum Gasteiger partial charge on any atom is -0.493 e.